The SMILES string of the molecule is CC(C)(C)c1ccnc(-n2c3[c-]c(Oc4[c-]c(N5[CH-]N(c6ccccc6)c6ccccc65)cc(-c5ccccc5)c4)ccc3c3ccccc32)c1.[Pt]. The molecule has 0 radical (unpaired) electrons. The smallest absolute Gasteiger partial charge is 0.135 e. The number of pyridine rings is 1. The van der Waals surface area contributed by atoms with Gasteiger partial charge >= 0.3 is 0 Å². The van der Waals surface area contributed by atoms with E-state index in [-0.39, 0.29) is 26.5 Å². The molecule has 6 heteroatoms. The van der Waals surface area contributed by atoms with Gasteiger partial charge in [0.05, 0.1) is 0 Å². The minimum Gasteiger partial charge on any atom is -0.509 e. The predicted molar refractivity (Wildman–Crippen MR) is 208 cm³/mol. The van der Waals surface area contributed by atoms with Crippen LogP contribution in [0, 0.1) is 18.8 Å². The number of nitrogens with zero attached hydrogens (tertiary/aromatic N) is 4. The van der Waals surface area contributed by atoms with Crippen molar-refractivity contribution in [3.8, 4) is 28.4 Å². The van der Waals surface area contributed by atoms with E-state index in [4.69, 9.17) is 9.72 Å². The fraction of sp³-hybridized carbons (Fsp3) is 0.0870. The fourth-order valence-electron chi connectivity index (χ4n) is 6.91. The van der Waals surface area contributed by atoms with Crippen molar-refractivity contribution in [3.63, 3.8) is 0 Å². The number of fused-ring (bicyclic) bond motifs is 4. The molecule has 1 aliphatic heterocycles. The summed E-state index contributed by atoms with van der Waals surface area (Å²) in [5, 5.41) is 2.23. The van der Waals surface area contributed by atoms with Crippen LogP contribution in [0.3, 0.4) is 0 Å². The maximum Gasteiger partial charge on any atom is 0.135 e. The molecule has 8 aromatic rings. The molecule has 0 amide bonds. The number of anilines is 4. The number of aromatic nitrogens is 2. The summed E-state index contributed by atoms with van der Waals surface area (Å²) in [6.07, 6.45) is 1.90. The Morgan fingerprint density at radius 1 is 0.615 bits per heavy atom. The van der Waals surface area contributed by atoms with Crippen LogP contribution in [0.1, 0.15) is 26.3 Å². The summed E-state index contributed by atoms with van der Waals surface area (Å²) >= 11 is 0. The number of rotatable bonds is 6. The predicted octanol–water partition coefficient (Wildman–Crippen LogP) is 11.9. The first-order valence-electron chi connectivity index (χ1n) is 17.2. The normalized spacial score (nSPS) is 12.6. The molecule has 9 rings (SSSR count). The summed E-state index contributed by atoms with van der Waals surface area (Å²) in [4.78, 5) is 9.23. The van der Waals surface area contributed by atoms with Gasteiger partial charge in [-0.2, -0.15) is 6.07 Å². The van der Waals surface area contributed by atoms with E-state index < -0.39 is 0 Å². The Hall–Kier alpha value is -5.64. The first kappa shape index (κ1) is 33.5. The Balaban J connectivity index is 0.00000387. The van der Waals surface area contributed by atoms with Gasteiger partial charge in [-0.1, -0.05) is 105 Å². The van der Waals surface area contributed by atoms with E-state index in [1.165, 1.54) is 5.56 Å². The fourth-order valence-corrected chi connectivity index (χ4v) is 6.91. The zero-order chi connectivity index (χ0) is 34.5. The first-order valence-corrected chi connectivity index (χ1v) is 17.2. The Bertz CT molecular complexity index is 2540. The molecule has 52 heavy (non-hydrogen) atoms. The summed E-state index contributed by atoms with van der Waals surface area (Å²) in [6, 6.07) is 57.5. The molecule has 0 unspecified atom stereocenters. The van der Waals surface area contributed by atoms with Crippen LogP contribution in [-0.2, 0) is 26.5 Å². The van der Waals surface area contributed by atoms with Crippen LogP contribution in [0.2, 0.25) is 0 Å². The molecule has 1 aliphatic rings. The standard InChI is InChI=1S/C46H35N4O.Pt/c1-46(2,3)34-24-25-47-45(28-34)50-41-19-11-10-18-39(41)40-23-22-37(30-44(40)50)51-38-27-33(32-14-6-4-7-15-32)26-36(29-38)49-31-48(35-16-8-5-9-17-35)42-20-12-13-21-43(42)49;/h4-28,31H,1-3H3;/q-3;. The van der Waals surface area contributed by atoms with Crippen LogP contribution in [0.4, 0.5) is 22.7 Å². The van der Waals surface area contributed by atoms with Crippen LogP contribution < -0.4 is 14.5 Å². The third kappa shape index (κ3) is 6.05. The van der Waals surface area contributed by atoms with Gasteiger partial charge in [-0.15, -0.1) is 53.6 Å². The number of hydrogen-bond acceptors (Lipinski definition) is 4. The van der Waals surface area contributed by atoms with Crippen molar-refractivity contribution in [2.24, 2.45) is 0 Å². The maximum absolute atomic E-state index is 6.71. The summed E-state index contributed by atoms with van der Waals surface area (Å²) in [5.74, 6) is 2.05. The Morgan fingerprint density at radius 2 is 1.31 bits per heavy atom. The van der Waals surface area contributed by atoms with Crippen molar-refractivity contribution >= 4 is 44.6 Å². The van der Waals surface area contributed by atoms with Crippen LogP contribution in [0.15, 0.2) is 152 Å². The second kappa shape index (κ2) is 13.5. The molecule has 6 aromatic carbocycles. The van der Waals surface area contributed by atoms with Gasteiger partial charge in [0, 0.05) is 61.3 Å². The Kier molecular flexibility index (Phi) is 8.69. The van der Waals surface area contributed by atoms with E-state index in [2.05, 4.69) is 181 Å². The van der Waals surface area contributed by atoms with E-state index in [9.17, 15) is 0 Å². The minimum atomic E-state index is -0.0167. The molecule has 5 nitrogen and oxygen atoms in total. The van der Waals surface area contributed by atoms with E-state index in [1.54, 1.807) is 0 Å². The average molecular weight is 855 g/mol. The maximum atomic E-state index is 6.71. The zero-order valence-corrected chi connectivity index (χ0v) is 31.3. The second-order valence-electron chi connectivity index (χ2n) is 13.9. The summed E-state index contributed by atoms with van der Waals surface area (Å²) in [6.45, 7) is 8.80. The summed E-state index contributed by atoms with van der Waals surface area (Å²) in [7, 11) is 0. The van der Waals surface area contributed by atoms with Gasteiger partial charge in [-0.25, -0.2) is 4.98 Å². The third-order valence-corrected chi connectivity index (χ3v) is 9.48. The Morgan fingerprint density at radius 3 is 2.08 bits per heavy atom. The number of para-hydroxylation sites is 4. The van der Waals surface area contributed by atoms with Crippen LogP contribution >= 0.6 is 0 Å². The van der Waals surface area contributed by atoms with Gasteiger partial charge < -0.3 is 19.1 Å². The molecule has 2 aromatic heterocycles. The van der Waals surface area contributed by atoms with Crippen LogP contribution in [0.25, 0.3) is 38.8 Å². The Labute approximate surface area is 319 Å². The quantitative estimate of drug-likeness (QED) is 0.156. The molecule has 0 spiro atoms. The van der Waals surface area contributed by atoms with Crippen molar-refractivity contribution in [1.29, 1.82) is 0 Å². The molecule has 0 saturated heterocycles. The second-order valence-corrected chi connectivity index (χ2v) is 13.9. The van der Waals surface area contributed by atoms with Gasteiger partial charge in [-0.05, 0) is 64.4 Å². The van der Waals surface area contributed by atoms with Gasteiger partial charge in [0.15, 0.2) is 0 Å². The van der Waals surface area contributed by atoms with Gasteiger partial charge in [0.2, 0.25) is 0 Å². The number of ether oxygens (including phenoxy) is 1. The molecule has 0 fully saturated rings. The monoisotopic (exact) mass is 854 g/mol. The van der Waals surface area contributed by atoms with Gasteiger partial charge in [-0.3, -0.25) is 0 Å². The van der Waals surface area contributed by atoms with Crippen molar-refractivity contribution in [1.82, 2.24) is 9.55 Å². The molecule has 0 N–H and O–H groups in total. The van der Waals surface area contributed by atoms with Crippen LogP contribution in [0.5, 0.6) is 11.5 Å². The van der Waals surface area contributed by atoms with Crippen molar-refractivity contribution in [2.45, 2.75) is 26.2 Å². The number of hydrogen-bond donors (Lipinski definition) is 0. The van der Waals surface area contributed by atoms with Crippen molar-refractivity contribution in [3.05, 3.63) is 176 Å². The van der Waals surface area contributed by atoms with Gasteiger partial charge in [0.1, 0.15) is 5.82 Å². The van der Waals surface area contributed by atoms with Crippen LogP contribution in [-0.4, -0.2) is 9.55 Å². The molecule has 0 aliphatic carbocycles. The van der Waals surface area contributed by atoms with E-state index in [0.29, 0.717) is 11.5 Å². The largest absolute Gasteiger partial charge is 0.509 e. The zero-order valence-electron chi connectivity index (χ0n) is 29.0. The topological polar surface area (TPSA) is 33.5 Å². The first-order chi connectivity index (χ1) is 24.9. The minimum absolute atomic E-state index is 0. The summed E-state index contributed by atoms with van der Waals surface area (Å²) in [5.41, 5.74) is 9.43. The van der Waals surface area contributed by atoms with E-state index >= 15 is 0 Å². The molecule has 3 heterocycles. The molecule has 0 bridgehead atoms. The van der Waals surface area contributed by atoms with Crippen molar-refractivity contribution < 1.29 is 25.8 Å². The number of benzene rings is 6. The van der Waals surface area contributed by atoms with Crippen molar-refractivity contribution in [2.75, 3.05) is 9.80 Å². The molecular formula is C46H35N4OPt-3. The third-order valence-electron chi connectivity index (χ3n) is 9.48. The molecule has 0 saturated carbocycles. The molecule has 0 atom stereocenters. The summed E-state index contributed by atoms with van der Waals surface area (Å²) < 4.78 is 8.91. The van der Waals surface area contributed by atoms with Gasteiger partial charge in [0.25, 0.3) is 0 Å². The molecular weight excluding hydrogens is 820 g/mol. The van der Waals surface area contributed by atoms with E-state index in [1.807, 2.05) is 24.4 Å². The van der Waals surface area contributed by atoms with E-state index in [0.717, 1.165) is 61.5 Å². The average Bonchev–Trinajstić information content (AvgIpc) is 3.71. The molecule has 258 valence electrons.